The topological polar surface area (TPSA) is 335 Å². The molecule has 0 aliphatic heterocycles. The Bertz CT molecular complexity index is 3950. The average Bonchev–Trinajstić information content (AvgIpc) is 1.66. The fourth-order valence-corrected chi connectivity index (χ4v) is 20.2. The Morgan fingerprint density at radius 3 is 1.01 bits per heavy atom. The minimum Gasteiger partial charge on any atom is -0.393 e. The highest BCUT2D eigenvalue weighted by Gasteiger charge is 2.45. The number of nitrogens with one attached hydrogen (secondary N) is 6. The molecule has 12 N–H and O–H groups in total. The van der Waals surface area contributed by atoms with E-state index in [1.54, 1.807) is 6.20 Å². The van der Waals surface area contributed by atoms with Crippen molar-refractivity contribution < 1.29 is 59.4 Å². The summed E-state index contributed by atoms with van der Waals surface area (Å²) in [5.41, 5.74) is 7.97. The average molecular weight is 1760 g/mol. The van der Waals surface area contributed by atoms with Crippen molar-refractivity contribution >= 4 is 35.4 Å². The molecule has 700 valence electrons. The third-order valence-electron chi connectivity index (χ3n) is 28.6. The maximum absolute atomic E-state index is 12.2. The lowest BCUT2D eigenvalue weighted by atomic mass is 9.70. The molecule has 2 aromatic heterocycles. The molecule has 21 heteroatoms. The first kappa shape index (κ1) is 100. The lowest BCUT2D eigenvalue weighted by Crippen LogP contribution is -2.45. The number of pyridine rings is 1. The molecule has 10 saturated carbocycles. The number of aromatic nitrogens is 3. The van der Waals surface area contributed by atoms with Crippen LogP contribution in [-0.2, 0) is 67.3 Å². The number of carbonyl (C=O) groups excluding carboxylic acids is 6. The van der Waals surface area contributed by atoms with E-state index in [0.717, 1.165) is 281 Å². The second-order valence-corrected chi connectivity index (χ2v) is 39.4. The maximum atomic E-state index is 12.2. The zero-order chi connectivity index (χ0) is 89.9. The Morgan fingerprint density at radius 1 is 0.281 bits per heavy atom. The van der Waals surface area contributed by atoms with Gasteiger partial charge in [-0.3, -0.25) is 33.8 Å². The Labute approximate surface area is 763 Å². The van der Waals surface area contributed by atoms with Crippen molar-refractivity contribution in [2.75, 3.05) is 0 Å². The molecule has 16 rings (SSSR count). The van der Waals surface area contributed by atoms with E-state index in [-0.39, 0.29) is 120 Å². The summed E-state index contributed by atoms with van der Waals surface area (Å²) < 4.78 is 0. The SMILES string of the molecule is O=C(CC1CC(Cc2ccccc2)C1)NC1CCC(O)CC1.O=C(CCCCCc1cccnc1)NC1CCC(O)CC1.O=C(CCCCCc1cncnc1)NC1CCC(O)CC1.O=C(NC1CCC(O)CC1)C1CC(Cc2ccccc2)C1.O=C(NC1CCC(O)CC1)C1CC1CCCc1ccccc1.O=C(NC1CCC(O)CC1)C1CC1CCc1ccccc1. The van der Waals surface area contributed by atoms with Crippen LogP contribution in [-0.4, -0.2) is 154 Å². The monoisotopic (exact) mass is 1760 g/mol. The van der Waals surface area contributed by atoms with Crippen molar-refractivity contribution in [1.29, 1.82) is 0 Å². The van der Waals surface area contributed by atoms with Gasteiger partial charge in [0.15, 0.2) is 0 Å². The fourth-order valence-electron chi connectivity index (χ4n) is 20.2. The molecule has 6 amide bonds. The summed E-state index contributed by atoms with van der Waals surface area (Å²) in [6.45, 7) is 0. The summed E-state index contributed by atoms with van der Waals surface area (Å²) in [7, 11) is 0. The molecule has 6 aromatic rings. The maximum Gasteiger partial charge on any atom is 0.223 e. The first-order chi connectivity index (χ1) is 62.3. The van der Waals surface area contributed by atoms with Crippen molar-refractivity contribution in [3.63, 3.8) is 0 Å². The molecular weight excluding hydrogens is 1600 g/mol. The zero-order valence-electron chi connectivity index (χ0n) is 76.6. The molecule has 4 aromatic carbocycles. The number of carbonyl (C=O) groups is 6. The van der Waals surface area contributed by atoms with Gasteiger partial charge < -0.3 is 62.5 Å². The molecule has 0 saturated heterocycles. The van der Waals surface area contributed by atoms with Crippen LogP contribution in [0.5, 0.6) is 0 Å². The summed E-state index contributed by atoms with van der Waals surface area (Å²) in [5, 5.41) is 75.7. The number of nitrogens with zero attached hydrogens (tertiary/aromatic N) is 3. The second-order valence-electron chi connectivity index (χ2n) is 39.4. The van der Waals surface area contributed by atoms with Crippen molar-refractivity contribution in [3.8, 4) is 0 Å². The lowest BCUT2D eigenvalue weighted by Gasteiger charge is -2.36. The number of amides is 6. The lowest BCUT2D eigenvalue weighted by molar-refractivity contribution is -0.130. The smallest absolute Gasteiger partial charge is 0.223 e. The number of aliphatic hydroxyl groups excluding tert-OH is 6. The first-order valence-electron chi connectivity index (χ1n) is 50.0. The summed E-state index contributed by atoms with van der Waals surface area (Å²) in [6.07, 6.45) is 53.4. The van der Waals surface area contributed by atoms with Crippen LogP contribution in [0.4, 0.5) is 0 Å². The number of hydrogen-bond donors (Lipinski definition) is 12. The van der Waals surface area contributed by atoms with Crippen LogP contribution in [0.2, 0.25) is 0 Å². The molecule has 10 aliphatic rings. The fraction of sp³-hybridized carbons (Fsp3) is 0.636. The second kappa shape index (κ2) is 55.8. The van der Waals surface area contributed by atoms with E-state index < -0.39 is 0 Å². The molecular formula is C107H155N9O12. The number of aryl methyl sites for hydroxylation is 4. The van der Waals surface area contributed by atoms with Gasteiger partial charge in [-0.2, -0.15) is 0 Å². The molecule has 128 heavy (non-hydrogen) atoms. The predicted molar refractivity (Wildman–Crippen MR) is 504 cm³/mol. The highest BCUT2D eigenvalue weighted by molar-refractivity contribution is 5.82. The van der Waals surface area contributed by atoms with Crippen LogP contribution in [0, 0.1) is 47.3 Å². The summed E-state index contributed by atoms with van der Waals surface area (Å²) in [4.78, 5) is 84.5. The van der Waals surface area contributed by atoms with Gasteiger partial charge in [0.2, 0.25) is 35.4 Å². The minimum absolute atomic E-state index is 0.152. The van der Waals surface area contributed by atoms with Gasteiger partial charge in [0.1, 0.15) is 6.33 Å². The van der Waals surface area contributed by atoms with Crippen LogP contribution in [0.1, 0.15) is 303 Å². The van der Waals surface area contributed by atoms with Crippen molar-refractivity contribution in [1.82, 2.24) is 46.9 Å². The van der Waals surface area contributed by atoms with E-state index in [0.29, 0.717) is 49.0 Å². The van der Waals surface area contributed by atoms with Crippen LogP contribution >= 0.6 is 0 Å². The predicted octanol–water partition coefficient (Wildman–Crippen LogP) is 16.1. The number of aliphatic hydroxyl groups is 6. The van der Waals surface area contributed by atoms with Crippen molar-refractivity contribution in [2.45, 2.75) is 381 Å². The highest BCUT2D eigenvalue weighted by atomic mass is 16.3. The van der Waals surface area contributed by atoms with Gasteiger partial charge in [0.05, 0.1) is 36.6 Å². The van der Waals surface area contributed by atoms with Gasteiger partial charge in [-0.1, -0.05) is 140 Å². The molecule has 4 unspecified atom stereocenters. The Hall–Kier alpha value is -8.31. The standard InChI is InChI=1S/2C19H27NO2.2C18H25NO2.C17H26N2O2.C16H25N3O2/c21-17-11-9-16(10-12-17)20-19(22)18-13-15(18)8-4-7-14-5-2-1-3-6-14;21-18-8-6-17(7-9-18)20-19(22)13-16-11-15(12-16)10-14-4-2-1-3-5-14;20-17-8-6-16(7-9-17)19-18(21)15-11-14(12-15)10-13-4-2-1-3-5-13;20-16-10-8-15(9-11-16)19-18(21)17-12-14(17)7-6-13-4-2-1-3-5-13;20-16-10-8-15(9-11-16)19-17(21)7-3-1-2-5-14-6-4-12-18-13-14;20-15-8-6-14(7-9-15)19-16(21)5-3-1-2-4-13-10-17-12-18-11-13/h1-3,5-6,15-18,21H,4,7-13H2,(H,20,22);1-5,15-18,21H,6-13H2,(H,20,22);2*1-5,14-17,20H,6-12H2,(H,19,21);4,6,12-13,15-16,20H,1-3,5,7-11H2,(H,19,21);10-12,14-15,20H,1-9H2,(H,19,21). The molecule has 0 bridgehead atoms. The largest absolute Gasteiger partial charge is 0.393 e. The third kappa shape index (κ3) is 39.0. The molecule has 2 heterocycles. The van der Waals surface area contributed by atoms with Gasteiger partial charge >= 0.3 is 0 Å². The minimum atomic E-state index is -0.167. The number of unbranched alkanes of at least 4 members (excludes halogenated alkanes) is 4. The Balaban J connectivity index is 0.000000149. The van der Waals surface area contributed by atoms with E-state index in [4.69, 9.17) is 0 Å². The van der Waals surface area contributed by atoms with Crippen LogP contribution in [0.3, 0.4) is 0 Å². The van der Waals surface area contributed by atoms with Gasteiger partial charge in [-0.25, -0.2) is 9.97 Å². The van der Waals surface area contributed by atoms with E-state index in [9.17, 15) is 59.4 Å². The van der Waals surface area contributed by atoms with Gasteiger partial charge in [-0.05, 0) is 345 Å². The quantitative estimate of drug-likeness (QED) is 0.0167. The number of benzene rings is 4. The molecule has 21 nitrogen and oxygen atoms in total. The normalized spacial score (nSPS) is 28.4. The molecule has 0 spiro atoms. The van der Waals surface area contributed by atoms with Crippen LogP contribution < -0.4 is 31.9 Å². The summed E-state index contributed by atoms with van der Waals surface area (Å²) in [5.74, 6) is 5.12. The van der Waals surface area contributed by atoms with Gasteiger partial charge in [0.25, 0.3) is 0 Å². The van der Waals surface area contributed by atoms with E-state index in [1.807, 2.05) is 36.8 Å². The van der Waals surface area contributed by atoms with E-state index in [2.05, 4.69) is 162 Å². The van der Waals surface area contributed by atoms with Crippen molar-refractivity contribution in [3.05, 3.63) is 198 Å². The Kier molecular flexibility index (Phi) is 43.7. The molecule has 4 atom stereocenters. The first-order valence-corrected chi connectivity index (χ1v) is 50.0. The number of rotatable bonds is 34. The third-order valence-corrected chi connectivity index (χ3v) is 28.6. The Morgan fingerprint density at radius 2 is 0.609 bits per heavy atom. The molecule has 10 fully saturated rings. The van der Waals surface area contributed by atoms with E-state index in [1.165, 1.54) is 53.4 Å². The molecule has 0 radical (unpaired) electrons. The van der Waals surface area contributed by atoms with Gasteiger partial charge in [0, 0.05) is 98.1 Å². The van der Waals surface area contributed by atoms with Crippen molar-refractivity contribution in [2.24, 2.45) is 47.3 Å². The zero-order valence-corrected chi connectivity index (χ0v) is 76.6. The number of hydrogen-bond acceptors (Lipinski definition) is 15. The van der Waals surface area contributed by atoms with Crippen LogP contribution in [0.25, 0.3) is 0 Å². The highest BCUT2D eigenvalue weighted by Crippen LogP contribution is 2.45. The summed E-state index contributed by atoms with van der Waals surface area (Å²) in [6, 6.07) is 48.0. The molecule has 10 aliphatic carbocycles. The summed E-state index contributed by atoms with van der Waals surface area (Å²) >= 11 is 0. The van der Waals surface area contributed by atoms with Crippen LogP contribution in [0.15, 0.2) is 165 Å². The van der Waals surface area contributed by atoms with E-state index >= 15 is 0 Å². The van der Waals surface area contributed by atoms with Gasteiger partial charge in [-0.15, -0.1) is 0 Å².